The molecule has 0 atom stereocenters. The Bertz CT molecular complexity index is 973. The highest BCUT2D eigenvalue weighted by molar-refractivity contribution is 7.99. The molecule has 1 N–H and O–H groups in total. The molecule has 0 saturated carbocycles. The third-order valence-electron chi connectivity index (χ3n) is 4.05. The molecule has 0 spiro atoms. The quantitative estimate of drug-likeness (QED) is 0.721. The fourth-order valence-electron chi connectivity index (χ4n) is 2.68. The number of aromatic nitrogens is 1. The van der Waals surface area contributed by atoms with Crippen molar-refractivity contribution in [3.63, 3.8) is 0 Å². The van der Waals surface area contributed by atoms with Crippen molar-refractivity contribution in [1.82, 2.24) is 4.98 Å². The number of fused-ring (bicyclic) bond motifs is 1. The predicted molar refractivity (Wildman–Crippen MR) is 105 cm³/mol. The predicted octanol–water partition coefficient (Wildman–Crippen LogP) is 4.56. The molecular formula is C21H18N2O3S. The zero-order valence-corrected chi connectivity index (χ0v) is 15.6. The number of nitrogens with one attached hydrogen (secondary N) is 1. The number of amides is 1. The fourth-order valence-corrected chi connectivity index (χ4v) is 3.56. The highest BCUT2D eigenvalue weighted by Gasteiger charge is 2.16. The van der Waals surface area contributed by atoms with Crippen molar-refractivity contribution in [1.29, 1.82) is 0 Å². The van der Waals surface area contributed by atoms with Gasteiger partial charge in [0.25, 0.3) is 5.91 Å². The molecule has 0 unspecified atom stereocenters. The minimum Gasteiger partial charge on any atom is -0.486 e. The number of carbonyl (C=O) groups is 1. The van der Waals surface area contributed by atoms with Gasteiger partial charge in [-0.2, -0.15) is 0 Å². The Morgan fingerprint density at radius 3 is 2.63 bits per heavy atom. The second-order valence-electron chi connectivity index (χ2n) is 6.08. The maximum absolute atomic E-state index is 12.8. The summed E-state index contributed by atoms with van der Waals surface area (Å²) in [7, 11) is 0. The Kier molecular flexibility index (Phi) is 4.98. The molecule has 0 saturated heterocycles. The van der Waals surface area contributed by atoms with Crippen molar-refractivity contribution in [3.8, 4) is 11.5 Å². The summed E-state index contributed by atoms with van der Waals surface area (Å²) in [6.45, 7) is 3.08. The van der Waals surface area contributed by atoms with E-state index in [4.69, 9.17) is 9.47 Å². The molecular weight excluding hydrogens is 360 g/mol. The molecule has 1 amide bonds. The van der Waals surface area contributed by atoms with E-state index in [1.807, 2.05) is 31.2 Å². The Labute approximate surface area is 161 Å². The summed E-state index contributed by atoms with van der Waals surface area (Å²) in [5.41, 5.74) is 2.37. The van der Waals surface area contributed by atoms with Gasteiger partial charge in [0, 0.05) is 22.8 Å². The van der Waals surface area contributed by atoms with Gasteiger partial charge in [0.15, 0.2) is 11.5 Å². The van der Waals surface area contributed by atoms with Crippen LogP contribution in [0.4, 0.5) is 5.69 Å². The minimum atomic E-state index is -0.214. The molecule has 4 rings (SSSR count). The summed E-state index contributed by atoms with van der Waals surface area (Å²) in [6, 6.07) is 17.0. The molecule has 1 aliphatic rings. The van der Waals surface area contributed by atoms with Gasteiger partial charge in [-0.15, -0.1) is 0 Å². The smallest absolute Gasteiger partial charge is 0.258 e. The first-order valence-corrected chi connectivity index (χ1v) is 9.41. The topological polar surface area (TPSA) is 60.5 Å². The molecule has 3 aromatic rings. The van der Waals surface area contributed by atoms with E-state index in [1.54, 1.807) is 36.5 Å². The van der Waals surface area contributed by atoms with Crippen molar-refractivity contribution in [2.75, 3.05) is 18.5 Å². The van der Waals surface area contributed by atoms with Crippen LogP contribution in [0.1, 0.15) is 15.9 Å². The maximum Gasteiger partial charge on any atom is 0.258 e. The Morgan fingerprint density at radius 1 is 1.04 bits per heavy atom. The molecule has 0 aliphatic carbocycles. The van der Waals surface area contributed by atoms with Crippen LogP contribution in [0.5, 0.6) is 11.5 Å². The van der Waals surface area contributed by atoms with E-state index in [2.05, 4.69) is 10.3 Å². The lowest BCUT2D eigenvalue weighted by atomic mass is 10.2. The van der Waals surface area contributed by atoms with Crippen LogP contribution in [-0.4, -0.2) is 24.1 Å². The van der Waals surface area contributed by atoms with Crippen LogP contribution < -0.4 is 14.8 Å². The molecule has 1 aliphatic heterocycles. The van der Waals surface area contributed by atoms with Crippen LogP contribution in [0, 0.1) is 6.92 Å². The SMILES string of the molecule is Cc1ccc(Sc2ncccc2C(=O)Nc2ccc3c(c2)OCCO3)cc1. The van der Waals surface area contributed by atoms with Crippen molar-refractivity contribution in [2.24, 2.45) is 0 Å². The summed E-state index contributed by atoms with van der Waals surface area (Å²) in [5, 5.41) is 3.58. The van der Waals surface area contributed by atoms with Gasteiger partial charge in [0.05, 0.1) is 5.56 Å². The van der Waals surface area contributed by atoms with Crippen LogP contribution in [0.15, 0.2) is 70.7 Å². The van der Waals surface area contributed by atoms with Crippen LogP contribution in [0.25, 0.3) is 0 Å². The average molecular weight is 378 g/mol. The fraction of sp³-hybridized carbons (Fsp3) is 0.143. The average Bonchev–Trinajstić information content (AvgIpc) is 2.70. The Hall–Kier alpha value is -2.99. The van der Waals surface area contributed by atoms with E-state index in [-0.39, 0.29) is 5.91 Å². The monoisotopic (exact) mass is 378 g/mol. The van der Waals surface area contributed by atoms with Gasteiger partial charge in [0.1, 0.15) is 18.2 Å². The van der Waals surface area contributed by atoms with Gasteiger partial charge in [-0.1, -0.05) is 29.5 Å². The normalized spacial score (nSPS) is 12.5. The molecule has 27 heavy (non-hydrogen) atoms. The van der Waals surface area contributed by atoms with Crippen molar-refractivity contribution >= 4 is 23.4 Å². The number of ether oxygens (including phenoxy) is 2. The van der Waals surface area contributed by atoms with E-state index >= 15 is 0 Å². The summed E-state index contributed by atoms with van der Waals surface area (Å²) in [5.74, 6) is 1.12. The zero-order valence-electron chi connectivity index (χ0n) is 14.8. The number of aryl methyl sites for hydroxylation is 1. The summed E-state index contributed by atoms with van der Waals surface area (Å²) < 4.78 is 11.1. The number of hydrogen-bond donors (Lipinski definition) is 1. The number of nitrogens with zero attached hydrogens (tertiary/aromatic N) is 1. The molecule has 5 nitrogen and oxygen atoms in total. The highest BCUT2D eigenvalue weighted by atomic mass is 32.2. The second kappa shape index (κ2) is 7.72. The van der Waals surface area contributed by atoms with Crippen molar-refractivity contribution in [2.45, 2.75) is 16.8 Å². The lowest BCUT2D eigenvalue weighted by Gasteiger charge is -2.19. The number of anilines is 1. The maximum atomic E-state index is 12.8. The Balaban J connectivity index is 1.54. The first kappa shape index (κ1) is 17.4. The molecule has 0 bridgehead atoms. The molecule has 2 heterocycles. The third-order valence-corrected chi connectivity index (χ3v) is 5.08. The summed E-state index contributed by atoms with van der Waals surface area (Å²) >= 11 is 1.47. The van der Waals surface area contributed by atoms with Gasteiger partial charge < -0.3 is 14.8 Å². The molecule has 0 fully saturated rings. The number of benzene rings is 2. The lowest BCUT2D eigenvalue weighted by molar-refractivity contribution is 0.102. The third kappa shape index (κ3) is 4.06. The molecule has 2 aromatic carbocycles. The number of pyridine rings is 1. The Morgan fingerprint density at radius 2 is 1.81 bits per heavy atom. The van der Waals surface area contributed by atoms with Gasteiger partial charge >= 0.3 is 0 Å². The minimum absolute atomic E-state index is 0.214. The summed E-state index contributed by atoms with van der Waals surface area (Å²) in [6.07, 6.45) is 1.69. The molecule has 136 valence electrons. The van der Waals surface area contributed by atoms with Gasteiger partial charge in [-0.25, -0.2) is 4.98 Å². The number of rotatable bonds is 4. The van der Waals surface area contributed by atoms with Gasteiger partial charge in [-0.05, 0) is 43.3 Å². The van der Waals surface area contributed by atoms with E-state index in [9.17, 15) is 4.79 Å². The summed E-state index contributed by atoms with van der Waals surface area (Å²) in [4.78, 5) is 18.2. The molecule has 6 heteroatoms. The zero-order chi connectivity index (χ0) is 18.6. The van der Waals surface area contributed by atoms with Crippen molar-refractivity contribution in [3.05, 3.63) is 71.9 Å². The second-order valence-corrected chi connectivity index (χ2v) is 7.15. The largest absolute Gasteiger partial charge is 0.486 e. The number of hydrogen-bond acceptors (Lipinski definition) is 5. The first-order chi connectivity index (χ1) is 13.2. The van der Waals surface area contributed by atoms with E-state index in [0.717, 1.165) is 4.90 Å². The van der Waals surface area contributed by atoms with E-state index < -0.39 is 0 Å². The standard InChI is InChI=1S/C21H18N2O3S/c1-14-4-7-16(8-5-14)27-21-17(3-2-10-22-21)20(24)23-15-6-9-18-19(13-15)26-12-11-25-18/h2-10,13H,11-12H2,1H3,(H,23,24). The van der Waals surface area contributed by atoms with Crippen LogP contribution in [-0.2, 0) is 0 Å². The van der Waals surface area contributed by atoms with Gasteiger partial charge in [0.2, 0.25) is 0 Å². The molecule has 0 radical (unpaired) electrons. The van der Waals surface area contributed by atoms with Crippen molar-refractivity contribution < 1.29 is 14.3 Å². The molecule has 1 aromatic heterocycles. The van der Waals surface area contributed by atoms with Gasteiger partial charge in [-0.3, -0.25) is 4.79 Å². The lowest BCUT2D eigenvalue weighted by Crippen LogP contribution is -2.17. The van der Waals surface area contributed by atoms with E-state index in [0.29, 0.717) is 41.0 Å². The van der Waals surface area contributed by atoms with E-state index in [1.165, 1.54) is 17.3 Å². The highest BCUT2D eigenvalue weighted by Crippen LogP contribution is 2.33. The first-order valence-electron chi connectivity index (χ1n) is 8.59. The number of carbonyl (C=O) groups excluding carboxylic acids is 1. The van der Waals surface area contributed by atoms with Crippen LogP contribution >= 0.6 is 11.8 Å². The van der Waals surface area contributed by atoms with Crippen LogP contribution in [0.2, 0.25) is 0 Å². The van der Waals surface area contributed by atoms with Crippen LogP contribution in [0.3, 0.4) is 0 Å².